The maximum atomic E-state index is 13.1. The van der Waals surface area contributed by atoms with Crippen molar-refractivity contribution < 1.29 is 9.59 Å². The van der Waals surface area contributed by atoms with Gasteiger partial charge < -0.3 is 4.90 Å². The Labute approximate surface area is 142 Å². The fourth-order valence-corrected chi connectivity index (χ4v) is 2.99. The third-order valence-electron chi connectivity index (χ3n) is 4.29. The van der Waals surface area contributed by atoms with Crippen LogP contribution in [-0.4, -0.2) is 16.6 Å². The fraction of sp³-hybridized carbons (Fsp3) is 0.238. The standard InChI is InChI=1S/C21H21NO2/c23-19-13-7-8-14-22(16-17-9-3-1-4-10-17)21(24)20(15-19)18-11-5-2-6-12-18/h1-6,8-12,14,20H,7,13,15-16H2/b14-8-. The normalized spacial score (nSPS) is 20.2. The van der Waals surface area contributed by atoms with E-state index in [-0.39, 0.29) is 18.1 Å². The molecule has 122 valence electrons. The van der Waals surface area contributed by atoms with E-state index in [1.165, 1.54) is 0 Å². The molecule has 0 saturated heterocycles. The molecule has 0 fully saturated rings. The molecule has 0 N–H and O–H groups in total. The quantitative estimate of drug-likeness (QED) is 0.855. The molecule has 1 heterocycles. The first kappa shape index (κ1) is 16.2. The highest BCUT2D eigenvalue weighted by molar-refractivity contribution is 5.91. The average molecular weight is 319 g/mol. The minimum absolute atomic E-state index is 0.0171. The van der Waals surface area contributed by atoms with Crippen molar-refractivity contribution >= 4 is 11.7 Å². The van der Waals surface area contributed by atoms with Crippen LogP contribution in [0.25, 0.3) is 0 Å². The summed E-state index contributed by atoms with van der Waals surface area (Å²) >= 11 is 0. The van der Waals surface area contributed by atoms with Crippen LogP contribution in [0.1, 0.15) is 36.3 Å². The second-order valence-electron chi connectivity index (χ2n) is 6.08. The molecule has 0 radical (unpaired) electrons. The van der Waals surface area contributed by atoms with Crippen LogP contribution in [0.4, 0.5) is 0 Å². The van der Waals surface area contributed by atoms with E-state index in [2.05, 4.69) is 0 Å². The van der Waals surface area contributed by atoms with Gasteiger partial charge >= 0.3 is 0 Å². The van der Waals surface area contributed by atoms with E-state index in [1.807, 2.05) is 72.9 Å². The van der Waals surface area contributed by atoms with Gasteiger partial charge in [-0.15, -0.1) is 0 Å². The molecule has 1 aliphatic rings. The molecule has 0 saturated carbocycles. The van der Waals surface area contributed by atoms with Crippen LogP contribution in [-0.2, 0) is 16.1 Å². The number of allylic oxidation sites excluding steroid dienone is 1. The summed E-state index contributed by atoms with van der Waals surface area (Å²) in [5, 5.41) is 0. The summed E-state index contributed by atoms with van der Waals surface area (Å²) in [6, 6.07) is 19.5. The SMILES string of the molecule is O=C1CC/C=C\N(Cc2ccccc2)C(=O)C(c2ccccc2)C1. The molecular weight excluding hydrogens is 298 g/mol. The van der Waals surface area contributed by atoms with Crippen LogP contribution in [0.5, 0.6) is 0 Å². The van der Waals surface area contributed by atoms with E-state index in [9.17, 15) is 9.59 Å². The second kappa shape index (κ2) is 7.73. The van der Waals surface area contributed by atoms with Crippen molar-refractivity contribution in [3.05, 3.63) is 84.1 Å². The number of carbonyl (C=O) groups excluding carboxylic acids is 2. The average Bonchev–Trinajstić information content (AvgIpc) is 2.69. The number of ketones is 1. The Morgan fingerprint density at radius 2 is 1.58 bits per heavy atom. The van der Waals surface area contributed by atoms with Crippen molar-refractivity contribution in [2.75, 3.05) is 0 Å². The Morgan fingerprint density at radius 3 is 2.29 bits per heavy atom. The molecule has 1 aliphatic heterocycles. The van der Waals surface area contributed by atoms with E-state index in [0.717, 1.165) is 11.1 Å². The van der Waals surface area contributed by atoms with Crippen LogP contribution in [0, 0.1) is 0 Å². The highest BCUT2D eigenvalue weighted by atomic mass is 16.2. The number of Topliss-reactive ketones (excluding diaryl/α,β-unsaturated/α-hetero) is 1. The maximum Gasteiger partial charge on any atom is 0.234 e. The van der Waals surface area contributed by atoms with Gasteiger partial charge in [-0.1, -0.05) is 66.7 Å². The summed E-state index contributed by atoms with van der Waals surface area (Å²) in [5.41, 5.74) is 1.98. The number of hydrogen-bond acceptors (Lipinski definition) is 2. The van der Waals surface area contributed by atoms with E-state index in [0.29, 0.717) is 19.4 Å². The molecule has 2 aromatic rings. The Bertz CT molecular complexity index is 722. The molecule has 0 aliphatic carbocycles. The Morgan fingerprint density at radius 1 is 0.917 bits per heavy atom. The highest BCUT2D eigenvalue weighted by Crippen LogP contribution is 2.26. The Kier molecular flexibility index (Phi) is 5.22. The number of rotatable bonds is 3. The number of carbonyl (C=O) groups is 2. The lowest BCUT2D eigenvalue weighted by Crippen LogP contribution is -2.31. The Balaban J connectivity index is 1.90. The molecule has 1 unspecified atom stereocenters. The molecule has 24 heavy (non-hydrogen) atoms. The molecule has 3 heteroatoms. The molecule has 0 bridgehead atoms. The van der Waals surface area contributed by atoms with Gasteiger partial charge in [0, 0.05) is 19.0 Å². The van der Waals surface area contributed by atoms with Gasteiger partial charge in [0.25, 0.3) is 0 Å². The molecule has 0 spiro atoms. The molecule has 0 aromatic heterocycles. The second-order valence-corrected chi connectivity index (χ2v) is 6.08. The van der Waals surface area contributed by atoms with Crippen LogP contribution in [0.2, 0.25) is 0 Å². The topological polar surface area (TPSA) is 37.4 Å². The number of hydrogen-bond donors (Lipinski definition) is 0. The zero-order valence-electron chi connectivity index (χ0n) is 13.6. The first-order chi connectivity index (χ1) is 11.7. The molecular formula is C21H21NO2. The van der Waals surface area contributed by atoms with Crippen LogP contribution in [0.3, 0.4) is 0 Å². The lowest BCUT2D eigenvalue weighted by molar-refractivity contribution is -0.133. The summed E-state index contributed by atoms with van der Waals surface area (Å²) in [5.74, 6) is -0.287. The molecule has 3 rings (SSSR count). The van der Waals surface area contributed by atoms with Crippen molar-refractivity contribution in [1.29, 1.82) is 0 Å². The summed E-state index contributed by atoms with van der Waals surface area (Å²) in [4.78, 5) is 27.0. The molecule has 1 atom stereocenters. The third-order valence-corrected chi connectivity index (χ3v) is 4.29. The third kappa shape index (κ3) is 3.99. The maximum absolute atomic E-state index is 13.1. The summed E-state index contributed by atoms with van der Waals surface area (Å²) in [6.07, 6.45) is 5.21. The fourth-order valence-electron chi connectivity index (χ4n) is 2.99. The van der Waals surface area contributed by atoms with Gasteiger partial charge in [0.05, 0.1) is 12.5 Å². The monoisotopic (exact) mass is 319 g/mol. The van der Waals surface area contributed by atoms with Gasteiger partial charge in [0.15, 0.2) is 0 Å². The van der Waals surface area contributed by atoms with Crippen molar-refractivity contribution in [1.82, 2.24) is 4.90 Å². The predicted molar refractivity (Wildman–Crippen MR) is 94.2 cm³/mol. The zero-order chi connectivity index (χ0) is 16.8. The largest absolute Gasteiger partial charge is 0.314 e. The molecule has 2 aromatic carbocycles. The summed E-state index contributed by atoms with van der Waals surface area (Å²) < 4.78 is 0. The van der Waals surface area contributed by atoms with Gasteiger partial charge in [-0.3, -0.25) is 9.59 Å². The Hall–Kier alpha value is -2.68. The van der Waals surface area contributed by atoms with Crippen molar-refractivity contribution in [3.63, 3.8) is 0 Å². The van der Waals surface area contributed by atoms with Gasteiger partial charge in [0.1, 0.15) is 5.78 Å². The van der Waals surface area contributed by atoms with Gasteiger partial charge in [0.2, 0.25) is 5.91 Å². The lowest BCUT2D eigenvalue weighted by atomic mass is 9.91. The van der Waals surface area contributed by atoms with E-state index >= 15 is 0 Å². The summed E-state index contributed by atoms with van der Waals surface area (Å²) in [7, 11) is 0. The van der Waals surface area contributed by atoms with Crippen LogP contribution >= 0.6 is 0 Å². The lowest BCUT2D eigenvalue weighted by Gasteiger charge is -2.24. The number of nitrogens with zero attached hydrogens (tertiary/aromatic N) is 1. The number of benzene rings is 2. The predicted octanol–water partition coefficient (Wildman–Crippen LogP) is 4.07. The van der Waals surface area contributed by atoms with Gasteiger partial charge in [-0.2, -0.15) is 0 Å². The highest BCUT2D eigenvalue weighted by Gasteiger charge is 2.28. The molecule has 1 amide bonds. The minimum Gasteiger partial charge on any atom is -0.314 e. The van der Waals surface area contributed by atoms with E-state index in [4.69, 9.17) is 0 Å². The van der Waals surface area contributed by atoms with Crippen LogP contribution < -0.4 is 0 Å². The first-order valence-corrected chi connectivity index (χ1v) is 8.32. The minimum atomic E-state index is -0.412. The van der Waals surface area contributed by atoms with Crippen molar-refractivity contribution in [2.45, 2.75) is 31.7 Å². The van der Waals surface area contributed by atoms with Gasteiger partial charge in [-0.05, 0) is 17.5 Å². The van der Waals surface area contributed by atoms with Crippen LogP contribution in [0.15, 0.2) is 72.9 Å². The van der Waals surface area contributed by atoms with Gasteiger partial charge in [-0.25, -0.2) is 0 Å². The van der Waals surface area contributed by atoms with E-state index in [1.54, 1.807) is 4.90 Å². The zero-order valence-corrected chi connectivity index (χ0v) is 13.6. The number of amides is 1. The van der Waals surface area contributed by atoms with E-state index < -0.39 is 5.92 Å². The first-order valence-electron chi connectivity index (χ1n) is 8.32. The smallest absolute Gasteiger partial charge is 0.234 e. The molecule has 3 nitrogen and oxygen atoms in total. The van der Waals surface area contributed by atoms with Crippen molar-refractivity contribution in [2.24, 2.45) is 0 Å². The van der Waals surface area contributed by atoms with Crippen molar-refractivity contribution in [3.8, 4) is 0 Å². The summed E-state index contributed by atoms with van der Waals surface area (Å²) in [6.45, 7) is 0.522.